The Morgan fingerprint density at radius 3 is 1.98 bits per heavy atom. The highest BCUT2D eigenvalue weighted by molar-refractivity contribution is 5.87. The SMILES string of the molecule is Cc1nn(-c2cccc(C3(c4cc(-c5cc(C(C)(C)C)ccn5)n5c(C)c(C)nc5c4)c4ccccc4-c4ccccc43)c2)c(C)c1-c1ccccc1. The van der Waals surface area contributed by atoms with Crippen LogP contribution in [0.3, 0.4) is 0 Å². The van der Waals surface area contributed by atoms with E-state index in [1.165, 1.54) is 44.5 Å². The molecule has 1 aliphatic carbocycles. The van der Waals surface area contributed by atoms with Crippen LogP contribution in [0.4, 0.5) is 0 Å². The lowest BCUT2D eigenvalue weighted by atomic mass is 9.67. The van der Waals surface area contributed by atoms with E-state index >= 15 is 0 Å². The number of pyridine rings is 2. The minimum absolute atomic E-state index is 0.0251. The molecule has 4 aromatic heterocycles. The Labute approximate surface area is 311 Å². The van der Waals surface area contributed by atoms with Gasteiger partial charge in [-0.25, -0.2) is 9.67 Å². The second-order valence-corrected chi connectivity index (χ2v) is 15.5. The van der Waals surface area contributed by atoms with Crippen LogP contribution in [0.2, 0.25) is 0 Å². The molecule has 0 amide bonds. The van der Waals surface area contributed by atoms with E-state index in [2.05, 4.69) is 185 Å². The number of aryl methyl sites for hydroxylation is 3. The number of hydrogen-bond acceptors (Lipinski definition) is 3. The van der Waals surface area contributed by atoms with Crippen molar-refractivity contribution < 1.29 is 0 Å². The van der Waals surface area contributed by atoms with E-state index in [4.69, 9.17) is 15.1 Å². The number of benzene rings is 4. The zero-order valence-corrected chi connectivity index (χ0v) is 31.4. The number of rotatable bonds is 5. The average molecular weight is 690 g/mol. The highest BCUT2D eigenvalue weighted by Gasteiger charge is 2.46. The highest BCUT2D eigenvalue weighted by atomic mass is 15.3. The van der Waals surface area contributed by atoms with Gasteiger partial charge in [0.1, 0.15) is 5.65 Å². The molecule has 0 spiro atoms. The molecule has 53 heavy (non-hydrogen) atoms. The van der Waals surface area contributed by atoms with Gasteiger partial charge < -0.3 is 0 Å². The molecule has 9 rings (SSSR count). The van der Waals surface area contributed by atoms with Gasteiger partial charge >= 0.3 is 0 Å². The van der Waals surface area contributed by atoms with E-state index in [0.717, 1.165) is 51.1 Å². The first kappa shape index (κ1) is 32.8. The zero-order chi connectivity index (χ0) is 36.6. The van der Waals surface area contributed by atoms with Crippen molar-refractivity contribution in [2.75, 3.05) is 0 Å². The third-order valence-corrected chi connectivity index (χ3v) is 11.3. The molecule has 0 unspecified atom stereocenters. The van der Waals surface area contributed by atoms with Crippen LogP contribution in [0.5, 0.6) is 0 Å². The van der Waals surface area contributed by atoms with Gasteiger partial charge in [-0.2, -0.15) is 5.10 Å². The molecule has 5 heteroatoms. The molecule has 0 radical (unpaired) electrons. The van der Waals surface area contributed by atoms with Crippen molar-refractivity contribution in [3.63, 3.8) is 0 Å². The molecule has 0 N–H and O–H groups in total. The third-order valence-electron chi connectivity index (χ3n) is 11.3. The first-order chi connectivity index (χ1) is 25.6. The van der Waals surface area contributed by atoms with E-state index < -0.39 is 5.41 Å². The van der Waals surface area contributed by atoms with Crippen LogP contribution < -0.4 is 0 Å². The first-order valence-corrected chi connectivity index (χ1v) is 18.5. The Bertz CT molecular complexity index is 2660. The minimum Gasteiger partial charge on any atom is -0.295 e. The molecule has 4 heterocycles. The van der Waals surface area contributed by atoms with E-state index in [1.807, 2.05) is 6.20 Å². The molecule has 0 saturated carbocycles. The monoisotopic (exact) mass is 689 g/mol. The normalized spacial score (nSPS) is 13.3. The number of aromatic nitrogens is 5. The van der Waals surface area contributed by atoms with E-state index in [-0.39, 0.29) is 5.41 Å². The summed E-state index contributed by atoms with van der Waals surface area (Å²) in [7, 11) is 0. The van der Waals surface area contributed by atoms with E-state index in [9.17, 15) is 0 Å². The fourth-order valence-electron chi connectivity index (χ4n) is 8.68. The van der Waals surface area contributed by atoms with Gasteiger partial charge in [-0.1, -0.05) is 112 Å². The van der Waals surface area contributed by atoms with Gasteiger partial charge in [0.15, 0.2) is 0 Å². The van der Waals surface area contributed by atoms with Crippen LogP contribution in [0.25, 0.3) is 45.0 Å². The predicted octanol–water partition coefficient (Wildman–Crippen LogP) is 11.1. The van der Waals surface area contributed by atoms with Crippen LogP contribution in [-0.2, 0) is 10.8 Å². The van der Waals surface area contributed by atoms with Gasteiger partial charge in [-0.3, -0.25) is 9.38 Å². The standard InChI is InChI=1S/C48H43N5/c1-30-32(3)52-44(43-27-35(24-25-49-43)47(5,6)7)28-37(29-45(52)50-30)48(41-22-13-11-20-39(41)40-21-12-14-23-42(40)48)36-18-15-19-38(26-36)53-33(4)46(31(2)51-53)34-16-9-8-10-17-34/h8-29H,1-7H3. The largest absolute Gasteiger partial charge is 0.295 e. The fraction of sp³-hybridized carbons (Fsp3) is 0.188. The van der Waals surface area contributed by atoms with Crippen molar-refractivity contribution in [2.45, 2.75) is 59.3 Å². The zero-order valence-electron chi connectivity index (χ0n) is 31.4. The summed E-state index contributed by atoms with van der Waals surface area (Å²) >= 11 is 0. The molecule has 260 valence electrons. The molecule has 1 aliphatic rings. The number of imidazole rings is 1. The maximum absolute atomic E-state index is 5.18. The molecule has 8 aromatic rings. The molecule has 5 nitrogen and oxygen atoms in total. The Balaban J connectivity index is 1.36. The smallest absolute Gasteiger partial charge is 0.138 e. The van der Waals surface area contributed by atoms with E-state index in [1.54, 1.807) is 0 Å². The fourth-order valence-corrected chi connectivity index (χ4v) is 8.68. The maximum atomic E-state index is 5.18. The van der Waals surface area contributed by atoms with Gasteiger partial charge in [0.25, 0.3) is 0 Å². The van der Waals surface area contributed by atoms with Crippen molar-refractivity contribution in [3.05, 3.63) is 184 Å². The summed E-state index contributed by atoms with van der Waals surface area (Å²) in [4.78, 5) is 10.2. The molecular weight excluding hydrogens is 647 g/mol. The number of nitrogens with zero attached hydrogens (tertiary/aromatic N) is 5. The summed E-state index contributed by atoms with van der Waals surface area (Å²) in [5.41, 5.74) is 18.4. The van der Waals surface area contributed by atoms with Crippen LogP contribution >= 0.6 is 0 Å². The summed E-state index contributed by atoms with van der Waals surface area (Å²) in [5.74, 6) is 0. The van der Waals surface area contributed by atoms with Crippen LogP contribution in [0.15, 0.2) is 134 Å². The molecule has 0 saturated heterocycles. The van der Waals surface area contributed by atoms with Gasteiger partial charge in [0.2, 0.25) is 0 Å². The first-order valence-electron chi connectivity index (χ1n) is 18.5. The minimum atomic E-state index is -0.645. The summed E-state index contributed by atoms with van der Waals surface area (Å²) in [5, 5.41) is 5.14. The Morgan fingerprint density at radius 1 is 0.604 bits per heavy atom. The van der Waals surface area contributed by atoms with Crippen molar-refractivity contribution >= 4 is 5.65 Å². The van der Waals surface area contributed by atoms with Crippen LogP contribution in [0.1, 0.15) is 71.4 Å². The summed E-state index contributed by atoms with van der Waals surface area (Å²) < 4.78 is 4.39. The van der Waals surface area contributed by atoms with Gasteiger partial charge in [-0.15, -0.1) is 0 Å². The third kappa shape index (κ3) is 4.94. The Morgan fingerprint density at radius 2 is 1.28 bits per heavy atom. The molecule has 0 atom stereocenters. The summed E-state index contributed by atoms with van der Waals surface area (Å²) in [6, 6.07) is 46.4. The van der Waals surface area contributed by atoms with Crippen molar-refractivity contribution in [2.24, 2.45) is 0 Å². The topological polar surface area (TPSA) is 48.0 Å². The molecule has 0 aliphatic heterocycles. The average Bonchev–Trinajstić information content (AvgIpc) is 3.76. The number of hydrogen-bond donors (Lipinski definition) is 0. The molecule has 0 bridgehead atoms. The van der Waals surface area contributed by atoms with Crippen molar-refractivity contribution in [1.29, 1.82) is 0 Å². The second kappa shape index (κ2) is 12.0. The maximum Gasteiger partial charge on any atom is 0.138 e. The lowest BCUT2D eigenvalue weighted by Gasteiger charge is -2.34. The summed E-state index contributed by atoms with van der Waals surface area (Å²) in [6.07, 6.45) is 1.95. The lowest BCUT2D eigenvalue weighted by molar-refractivity contribution is 0.589. The quantitative estimate of drug-likeness (QED) is 0.181. The molecule has 0 fully saturated rings. The van der Waals surface area contributed by atoms with Gasteiger partial charge in [0.05, 0.1) is 33.9 Å². The van der Waals surface area contributed by atoms with Crippen molar-refractivity contribution in [1.82, 2.24) is 24.1 Å². The van der Waals surface area contributed by atoms with Crippen molar-refractivity contribution in [3.8, 4) is 39.3 Å². The summed E-state index contributed by atoms with van der Waals surface area (Å²) in [6.45, 7) is 15.3. The van der Waals surface area contributed by atoms with Crippen LogP contribution in [0, 0.1) is 27.7 Å². The van der Waals surface area contributed by atoms with Gasteiger partial charge in [-0.05, 0) is 114 Å². The predicted molar refractivity (Wildman–Crippen MR) is 216 cm³/mol. The second-order valence-electron chi connectivity index (χ2n) is 15.5. The molecule has 4 aromatic carbocycles. The Kier molecular flexibility index (Phi) is 7.42. The van der Waals surface area contributed by atoms with E-state index in [0.29, 0.717) is 0 Å². The lowest BCUT2D eigenvalue weighted by Crippen LogP contribution is -2.29. The highest BCUT2D eigenvalue weighted by Crippen LogP contribution is 2.56. The van der Waals surface area contributed by atoms with Gasteiger partial charge in [0, 0.05) is 23.1 Å². The number of fused-ring (bicyclic) bond motifs is 4. The molecular formula is C48H43N5. The van der Waals surface area contributed by atoms with Crippen LogP contribution in [-0.4, -0.2) is 24.1 Å². The Hall–Kier alpha value is -6.07.